The van der Waals surface area contributed by atoms with Crippen LogP contribution in [-0.4, -0.2) is 24.7 Å². The Morgan fingerprint density at radius 1 is 1.41 bits per heavy atom. The van der Waals surface area contributed by atoms with E-state index in [9.17, 15) is 4.57 Å². The summed E-state index contributed by atoms with van der Waals surface area (Å²) in [6, 6.07) is 0. The van der Waals surface area contributed by atoms with Crippen molar-refractivity contribution in [3.63, 3.8) is 0 Å². The van der Waals surface area contributed by atoms with Gasteiger partial charge in [-0.05, 0) is 20.4 Å². The van der Waals surface area contributed by atoms with E-state index >= 15 is 0 Å². The van der Waals surface area contributed by atoms with Crippen LogP contribution in [-0.2, 0) is 26.2 Å². The van der Waals surface area contributed by atoms with Crippen LogP contribution in [0.4, 0.5) is 0 Å². The largest absolute Gasteiger partial charge is 0.336 e. The van der Waals surface area contributed by atoms with Gasteiger partial charge in [-0.1, -0.05) is 0 Å². The highest BCUT2D eigenvalue weighted by molar-refractivity contribution is 7.53. The normalized spacial score (nSPS) is 11.9. The van der Waals surface area contributed by atoms with E-state index in [0.717, 1.165) is 17.1 Å². The van der Waals surface area contributed by atoms with Crippen LogP contribution in [0.25, 0.3) is 0 Å². The predicted octanol–water partition coefficient (Wildman–Crippen LogP) is 2.41. The minimum absolute atomic E-state index is 0.232. The van der Waals surface area contributed by atoms with Crippen LogP contribution in [0.5, 0.6) is 0 Å². The molecule has 1 rings (SSSR count). The standard InChI is InChI=1S/C10H19N2O3PS/c1-3-14-16(13,15-4-2)7-9-8-17-10(12-9)5-6-11/h8H,3-7,11H2,1-2H3. The molecule has 1 aromatic heterocycles. The summed E-state index contributed by atoms with van der Waals surface area (Å²) in [7, 11) is -3.03. The Kier molecular flexibility index (Phi) is 6.30. The van der Waals surface area contributed by atoms with Gasteiger partial charge >= 0.3 is 7.60 Å². The number of thiazole rings is 1. The van der Waals surface area contributed by atoms with E-state index in [1.165, 1.54) is 11.3 Å². The predicted molar refractivity (Wildman–Crippen MR) is 69.4 cm³/mol. The van der Waals surface area contributed by atoms with Gasteiger partial charge in [0.25, 0.3) is 0 Å². The molecular formula is C10H19N2O3PS. The van der Waals surface area contributed by atoms with Crippen LogP contribution in [0, 0.1) is 0 Å². The average Bonchev–Trinajstić information content (AvgIpc) is 2.66. The molecule has 1 aromatic rings. The fourth-order valence-electron chi connectivity index (χ4n) is 1.38. The van der Waals surface area contributed by atoms with Crippen molar-refractivity contribution in [2.24, 2.45) is 5.73 Å². The second kappa shape index (κ2) is 7.24. The zero-order valence-electron chi connectivity index (χ0n) is 10.2. The summed E-state index contributed by atoms with van der Waals surface area (Å²) in [6.07, 6.45) is 0.980. The molecule has 7 heteroatoms. The van der Waals surface area contributed by atoms with Gasteiger partial charge < -0.3 is 14.8 Å². The number of aromatic nitrogens is 1. The summed E-state index contributed by atoms with van der Waals surface area (Å²) in [5, 5.41) is 2.84. The molecule has 0 saturated carbocycles. The number of hydrogen-bond acceptors (Lipinski definition) is 6. The van der Waals surface area contributed by atoms with Crippen molar-refractivity contribution in [3.05, 3.63) is 16.1 Å². The van der Waals surface area contributed by atoms with E-state index in [4.69, 9.17) is 14.8 Å². The Morgan fingerprint density at radius 2 is 2.06 bits per heavy atom. The first-order chi connectivity index (χ1) is 8.13. The number of nitrogens with zero attached hydrogens (tertiary/aromatic N) is 1. The molecule has 0 aliphatic heterocycles. The molecular weight excluding hydrogens is 259 g/mol. The first-order valence-electron chi connectivity index (χ1n) is 5.65. The van der Waals surface area contributed by atoms with E-state index < -0.39 is 7.60 Å². The zero-order valence-corrected chi connectivity index (χ0v) is 11.9. The fraction of sp³-hybridized carbons (Fsp3) is 0.700. The summed E-state index contributed by atoms with van der Waals surface area (Å²) in [6.45, 7) is 4.91. The number of hydrogen-bond donors (Lipinski definition) is 1. The first-order valence-corrected chi connectivity index (χ1v) is 8.25. The van der Waals surface area contributed by atoms with Crippen LogP contribution < -0.4 is 5.73 Å². The molecule has 98 valence electrons. The highest BCUT2D eigenvalue weighted by Gasteiger charge is 2.25. The maximum absolute atomic E-state index is 12.2. The quantitative estimate of drug-likeness (QED) is 0.739. The van der Waals surface area contributed by atoms with Crippen molar-refractivity contribution in [2.45, 2.75) is 26.4 Å². The first kappa shape index (κ1) is 14.8. The van der Waals surface area contributed by atoms with Crippen molar-refractivity contribution in [3.8, 4) is 0 Å². The molecule has 0 bridgehead atoms. The fourth-order valence-corrected chi connectivity index (χ4v) is 3.92. The maximum Gasteiger partial charge on any atom is 0.336 e. The molecule has 0 radical (unpaired) electrons. The lowest BCUT2D eigenvalue weighted by Gasteiger charge is -2.15. The van der Waals surface area contributed by atoms with Crippen molar-refractivity contribution in [2.75, 3.05) is 19.8 Å². The second-order valence-corrected chi connectivity index (χ2v) is 6.37. The highest BCUT2D eigenvalue weighted by atomic mass is 32.1. The van der Waals surface area contributed by atoms with Crippen LogP contribution in [0.3, 0.4) is 0 Å². The molecule has 0 fully saturated rings. The lowest BCUT2D eigenvalue weighted by molar-refractivity contribution is 0.219. The van der Waals surface area contributed by atoms with E-state index in [2.05, 4.69) is 4.98 Å². The Bertz CT molecular complexity index is 373. The lowest BCUT2D eigenvalue weighted by Crippen LogP contribution is -2.03. The van der Waals surface area contributed by atoms with Crippen LogP contribution in [0.2, 0.25) is 0 Å². The monoisotopic (exact) mass is 278 g/mol. The van der Waals surface area contributed by atoms with Gasteiger partial charge in [0, 0.05) is 11.8 Å². The molecule has 0 aliphatic carbocycles. The van der Waals surface area contributed by atoms with Crippen molar-refractivity contribution in [1.82, 2.24) is 4.98 Å². The molecule has 2 N–H and O–H groups in total. The maximum atomic E-state index is 12.2. The summed E-state index contributed by atoms with van der Waals surface area (Å²) in [5.41, 5.74) is 6.21. The van der Waals surface area contributed by atoms with E-state index in [0.29, 0.717) is 19.8 Å². The number of rotatable bonds is 8. The Hall–Kier alpha value is -0.260. The van der Waals surface area contributed by atoms with Crippen LogP contribution >= 0.6 is 18.9 Å². The van der Waals surface area contributed by atoms with Gasteiger partial charge in [-0.15, -0.1) is 11.3 Å². The van der Waals surface area contributed by atoms with Gasteiger partial charge in [0.1, 0.15) is 0 Å². The molecule has 0 amide bonds. The third kappa shape index (κ3) is 4.85. The Morgan fingerprint density at radius 3 is 2.59 bits per heavy atom. The molecule has 0 aromatic carbocycles. The molecule has 0 unspecified atom stereocenters. The minimum Gasteiger partial charge on any atom is -0.330 e. The molecule has 17 heavy (non-hydrogen) atoms. The molecule has 0 aliphatic rings. The third-order valence-electron chi connectivity index (χ3n) is 1.96. The number of nitrogens with two attached hydrogens (primary N) is 1. The molecule has 1 heterocycles. The second-order valence-electron chi connectivity index (χ2n) is 3.38. The summed E-state index contributed by atoms with van der Waals surface area (Å²) in [4.78, 5) is 4.36. The van der Waals surface area contributed by atoms with E-state index in [-0.39, 0.29) is 6.16 Å². The van der Waals surface area contributed by atoms with Crippen molar-refractivity contribution in [1.29, 1.82) is 0 Å². The van der Waals surface area contributed by atoms with E-state index in [1.807, 2.05) is 5.38 Å². The third-order valence-corrected chi connectivity index (χ3v) is 4.94. The van der Waals surface area contributed by atoms with Crippen LogP contribution in [0.15, 0.2) is 5.38 Å². The smallest absolute Gasteiger partial charge is 0.330 e. The summed E-state index contributed by atoms with van der Waals surface area (Å²) < 4.78 is 22.7. The highest BCUT2D eigenvalue weighted by Crippen LogP contribution is 2.51. The lowest BCUT2D eigenvalue weighted by atomic mass is 10.4. The van der Waals surface area contributed by atoms with Gasteiger partial charge in [-0.2, -0.15) is 0 Å². The Balaban J connectivity index is 2.68. The summed E-state index contributed by atoms with van der Waals surface area (Å²) >= 11 is 1.53. The Labute approximate surface area is 106 Å². The van der Waals surface area contributed by atoms with Gasteiger partial charge in [-0.3, -0.25) is 4.57 Å². The van der Waals surface area contributed by atoms with E-state index in [1.54, 1.807) is 13.8 Å². The molecule has 0 atom stereocenters. The molecule has 0 spiro atoms. The van der Waals surface area contributed by atoms with Gasteiger partial charge in [-0.25, -0.2) is 4.98 Å². The zero-order chi connectivity index (χ0) is 12.7. The SMILES string of the molecule is CCOP(=O)(Cc1csc(CCN)n1)OCC. The average molecular weight is 278 g/mol. The molecule has 5 nitrogen and oxygen atoms in total. The van der Waals surface area contributed by atoms with Gasteiger partial charge in [0.2, 0.25) is 0 Å². The van der Waals surface area contributed by atoms with Crippen molar-refractivity contribution < 1.29 is 13.6 Å². The van der Waals surface area contributed by atoms with Crippen molar-refractivity contribution >= 4 is 18.9 Å². The topological polar surface area (TPSA) is 74.4 Å². The minimum atomic E-state index is -3.03. The molecule has 0 saturated heterocycles. The van der Waals surface area contributed by atoms with Gasteiger partial charge in [0.15, 0.2) is 0 Å². The van der Waals surface area contributed by atoms with Gasteiger partial charge in [0.05, 0.1) is 30.1 Å². The summed E-state index contributed by atoms with van der Waals surface area (Å²) in [5.74, 6) is 0. The van der Waals surface area contributed by atoms with Crippen LogP contribution in [0.1, 0.15) is 24.5 Å².